The van der Waals surface area contributed by atoms with E-state index in [4.69, 9.17) is 9.84 Å². The molecule has 6 nitrogen and oxygen atoms in total. The minimum Gasteiger partial charge on any atom is -0.494 e. The van der Waals surface area contributed by atoms with Crippen LogP contribution in [0.25, 0.3) is 0 Å². The van der Waals surface area contributed by atoms with E-state index in [9.17, 15) is 4.79 Å². The Kier molecular flexibility index (Phi) is 5.91. The van der Waals surface area contributed by atoms with Gasteiger partial charge in [-0.15, -0.1) is 5.10 Å². The zero-order chi connectivity index (χ0) is 21.3. The molecule has 1 aliphatic heterocycles. The second-order valence-electron chi connectivity index (χ2n) is 8.73. The van der Waals surface area contributed by atoms with Gasteiger partial charge in [0, 0.05) is 17.7 Å². The minimum absolute atomic E-state index is 0.0619. The van der Waals surface area contributed by atoms with Gasteiger partial charge in [-0.2, -0.15) is 4.98 Å². The standard InChI is InChI=1S/C23H30N4O2S/c1-5-7-12-29-16-10-8-15(9-11-16)20-19-17(13-23(3,4)14-18(19)28)24-21-25-22(30-6-2)26-27(20)21/h8-11,20H,5-7,12-14H2,1-4H3,(H,24,25,26). The lowest BCUT2D eigenvalue weighted by Gasteiger charge is -2.38. The Labute approximate surface area is 182 Å². The molecule has 2 aromatic rings. The molecule has 160 valence electrons. The first-order valence-electron chi connectivity index (χ1n) is 10.8. The molecule has 0 spiro atoms. The van der Waals surface area contributed by atoms with Gasteiger partial charge in [-0.25, -0.2) is 4.68 Å². The summed E-state index contributed by atoms with van der Waals surface area (Å²) >= 11 is 1.61. The molecule has 30 heavy (non-hydrogen) atoms. The quantitative estimate of drug-likeness (QED) is 0.483. The van der Waals surface area contributed by atoms with Crippen molar-refractivity contribution in [3.05, 3.63) is 41.1 Å². The van der Waals surface area contributed by atoms with Crippen molar-refractivity contribution in [1.82, 2.24) is 14.8 Å². The van der Waals surface area contributed by atoms with E-state index in [1.165, 1.54) is 0 Å². The maximum Gasteiger partial charge on any atom is 0.227 e. The molecule has 1 atom stereocenters. The van der Waals surface area contributed by atoms with Gasteiger partial charge in [0.25, 0.3) is 0 Å². The summed E-state index contributed by atoms with van der Waals surface area (Å²) in [5.41, 5.74) is 2.77. The van der Waals surface area contributed by atoms with Gasteiger partial charge < -0.3 is 10.1 Å². The highest BCUT2D eigenvalue weighted by Gasteiger charge is 2.41. The summed E-state index contributed by atoms with van der Waals surface area (Å²) in [7, 11) is 0. The number of anilines is 1. The Bertz CT molecular complexity index is 962. The normalized spacial score (nSPS) is 19.9. The first-order valence-corrected chi connectivity index (χ1v) is 11.8. The molecule has 1 aromatic heterocycles. The number of fused-ring (bicyclic) bond motifs is 1. The lowest BCUT2D eigenvalue weighted by Crippen LogP contribution is -2.36. The second kappa shape index (κ2) is 8.46. The van der Waals surface area contributed by atoms with E-state index in [2.05, 4.69) is 38.0 Å². The van der Waals surface area contributed by atoms with Crippen molar-refractivity contribution in [2.75, 3.05) is 17.7 Å². The summed E-state index contributed by atoms with van der Waals surface area (Å²) < 4.78 is 7.69. The van der Waals surface area contributed by atoms with Gasteiger partial charge >= 0.3 is 0 Å². The maximum absolute atomic E-state index is 13.2. The van der Waals surface area contributed by atoms with Crippen molar-refractivity contribution in [3.8, 4) is 5.75 Å². The molecule has 1 N–H and O–H groups in total. The number of ether oxygens (including phenoxy) is 1. The summed E-state index contributed by atoms with van der Waals surface area (Å²) in [6.07, 6.45) is 3.52. The molecule has 1 aromatic carbocycles. The van der Waals surface area contributed by atoms with Gasteiger partial charge in [-0.1, -0.05) is 58.0 Å². The van der Waals surface area contributed by atoms with Crippen LogP contribution >= 0.6 is 11.8 Å². The number of thioether (sulfide) groups is 1. The molecule has 1 aliphatic carbocycles. The fraction of sp³-hybridized carbons (Fsp3) is 0.522. The van der Waals surface area contributed by atoms with E-state index >= 15 is 0 Å². The number of carbonyl (C=O) groups is 1. The summed E-state index contributed by atoms with van der Waals surface area (Å²) in [6, 6.07) is 7.81. The number of ketones is 1. The predicted octanol–water partition coefficient (Wildman–Crippen LogP) is 5.23. The zero-order valence-electron chi connectivity index (χ0n) is 18.2. The highest BCUT2D eigenvalue weighted by Crippen LogP contribution is 2.45. The predicted molar refractivity (Wildman–Crippen MR) is 120 cm³/mol. The fourth-order valence-corrected chi connectivity index (χ4v) is 4.72. The summed E-state index contributed by atoms with van der Waals surface area (Å²) in [5, 5.41) is 8.88. The van der Waals surface area contributed by atoms with Crippen molar-refractivity contribution in [2.24, 2.45) is 5.41 Å². The number of nitrogens with zero attached hydrogens (tertiary/aromatic N) is 3. The molecule has 1 unspecified atom stereocenters. The molecule has 0 bridgehead atoms. The van der Waals surface area contributed by atoms with Crippen LogP contribution in [0.3, 0.4) is 0 Å². The van der Waals surface area contributed by atoms with Crippen molar-refractivity contribution in [2.45, 2.75) is 64.6 Å². The monoisotopic (exact) mass is 426 g/mol. The number of hydrogen-bond donors (Lipinski definition) is 1. The van der Waals surface area contributed by atoms with Crippen LogP contribution < -0.4 is 10.1 Å². The van der Waals surface area contributed by atoms with Gasteiger partial charge in [0.15, 0.2) is 5.78 Å². The molecule has 2 aliphatic rings. The third kappa shape index (κ3) is 4.13. The summed E-state index contributed by atoms with van der Waals surface area (Å²) in [6.45, 7) is 9.24. The van der Waals surface area contributed by atoms with Gasteiger partial charge in [0.05, 0.1) is 6.61 Å². The van der Waals surface area contributed by atoms with Gasteiger partial charge in [0.2, 0.25) is 11.1 Å². The number of unbranched alkanes of at least 4 members (excludes halogenated alkanes) is 1. The SMILES string of the molecule is CCCCOc1ccc(C2C3=C(CC(C)(C)CC3=O)Nc3nc(SCC)nn32)cc1. The lowest BCUT2D eigenvalue weighted by atomic mass is 9.73. The summed E-state index contributed by atoms with van der Waals surface area (Å²) in [4.78, 5) is 17.9. The molecule has 7 heteroatoms. The van der Waals surface area contributed by atoms with Crippen molar-refractivity contribution < 1.29 is 9.53 Å². The number of aromatic nitrogens is 3. The number of nitrogens with one attached hydrogen (secondary N) is 1. The van der Waals surface area contributed by atoms with E-state index in [-0.39, 0.29) is 17.2 Å². The molecule has 2 heterocycles. The maximum atomic E-state index is 13.2. The Hall–Kier alpha value is -2.28. The van der Waals surface area contributed by atoms with E-state index in [0.29, 0.717) is 12.4 Å². The third-order valence-electron chi connectivity index (χ3n) is 5.55. The smallest absolute Gasteiger partial charge is 0.227 e. The van der Waals surface area contributed by atoms with Crippen LogP contribution in [0, 0.1) is 5.41 Å². The highest BCUT2D eigenvalue weighted by molar-refractivity contribution is 7.99. The topological polar surface area (TPSA) is 69.0 Å². The molecule has 0 amide bonds. The van der Waals surface area contributed by atoms with Crippen LogP contribution in [0.15, 0.2) is 40.7 Å². The molecule has 0 fully saturated rings. The van der Waals surface area contributed by atoms with Crippen LogP contribution in [-0.2, 0) is 4.79 Å². The number of rotatable bonds is 7. The molecule has 0 saturated carbocycles. The van der Waals surface area contributed by atoms with Crippen LogP contribution in [0.5, 0.6) is 5.75 Å². The first-order chi connectivity index (χ1) is 14.4. The molecular formula is C23H30N4O2S. The van der Waals surface area contributed by atoms with Crippen LogP contribution in [0.2, 0.25) is 0 Å². The van der Waals surface area contributed by atoms with E-state index < -0.39 is 0 Å². The van der Waals surface area contributed by atoms with E-state index in [1.807, 2.05) is 28.9 Å². The molecule has 4 rings (SSSR count). The van der Waals surface area contributed by atoms with Crippen molar-refractivity contribution >= 4 is 23.5 Å². The van der Waals surface area contributed by atoms with Gasteiger partial charge in [0.1, 0.15) is 11.8 Å². The third-order valence-corrected chi connectivity index (χ3v) is 6.27. The number of allylic oxidation sites excluding steroid dienone is 2. The number of carbonyl (C=O) groups excluding carboxylic acids is 1. The Balaban J connectivity index is 1.73. The number of benzene rings is 1. The molecule has 0 saturated heterocycles. The fourth-order valence-electron chi connectivity index (χ4n) is 4.17. The van der Waals surface area contributed by atoms with Crippen LogP contribution in [-0.4, -0.2) is 32.9 Å². The van der Waals surface area contributed by atoms with E-state index in [0.717, 1.165) is 59.4 Å². The highest BCUT2D eigenvalue weighted by atomic mass is 32.2. The first kappa shape index (κ1) is 21.0. The minimum atomic E-state index is -0.261. The Morgan fingerprint density at radius 2 is 2.00 bits per heavy atom. The molecular weight excluding hydrogens is 396 g/mol. The number of Topliss-reactive ketones (excluding diaryl/α,β-unsaturated/α-hetero) is 1. The summed E-state index contributed by atoms with van der Waals surface area (Å²) in [5.74, 6) is 2.65. The average molecular weight is 427 g/mol. The van der Waals surface area contributed by atoms with Crippen LogP contribution in [0.1, 0.15) is 65.0 Å². The van der Waals surface area contributed by atoms with Gasteiger partial charge in [-0.3, -0.25) is 4.79 Å². The van der Waals surface area contributed by atoms with Crippen LogP contribution in [0.4, 0.5) is 5.95 Å². The Morgan fingerprint density at radius 1 is 1.23 bits per heavy atom. The zero-order valence-corrected chi connectivity index (χ0v) is 19.0. The Morgan fingerprint density at radius 3 is 2.70 bits per heavy atom. The average Bonchev–Trinajstić information content (AvgIpc) is 3.08. The lowest BCUT2D eigenvalue weighted by molar-refractivity contribution is -0.118. The van der Waals surface area contributed by atoms with Crippen molar-refractivity contribution in [1.29, 1.82) is 0 Å². The van der Waals surface area contributed by atoms with Gasteiger partial charge in [-0.05, 0) is 41.7 Å². The van der Waals surface area contributed by atoms with E-state index in [1.54, 1.807) is 11.8 Å². The second-order valence-corrected chi connectivity index (χ2v) is 9.96. The number of hydrogen-bond acceptors (Lipinski definition) is 6. The molecule has 0 radical (unpaired) electrons. The van der Waals surface area contributed by atoms with Crippen molar-refractivity contribution in [3.63, 3.8) is 0 Å². The largest absolute Gasteiger partial charge is 0.494 e.